The zero-order valence-corrected chi connectivity index (χ0v) is 20.8. The molecule has 0 aliphatic heterocycles. The SMILES string of the molecule is CCc1ccc(CCC(=O)N(Cc2ccc(F)cc2)[C@@H](Cc2ccccc2)C(=O)NC(C)C)cc1. The van der Waals surface area contributed by atoms with E-state index in [-0.39, 0.29) is 36.6 Å². The number of halogens is 1. The molecule has 0 saturated heterocycles. The molecule has 35 heavy (non-hydrogen) atoms. The first-order valence-corrected chi connectivity index (χ1v) is 12.3. The highest BCUT2D eigenvalue weighted by Crippen LogP contribution is 2.18. The predicted molar refractivity (Wildman–Crippen MR) is 138 cm³/mol. The summed E-state index contributed by atoms with van der Waals surface area (Å²) in [4.78, 5) is 28.6. The van der Waals surface area contributed by atoms with Crippen LogP contribution in [0.3, 0.4) is 0 Å². The number of amides is 2. The van der Waals surface area contributed by atoms with Gasteiger partial charge in [0.05, 0.1) is 0 Å². The van der Waals surface area contributed by atoms with E-state index in [1.54, 1.807) is 17.0 Å². The van der Waals surface area contributed by atoms with Crippen molar-refractivity contribution >= 4 is 11.8 Å². The van der Waals surface area contributed by atoms with E-state index in [2.05, 4.69) is 36.5 Å². The summed E-state index contributed by atoms with van der Waals surface area (Å²) in [7, 11) is 0. The number of hydrogen-bond acceptors (Lipinski definition) is 2. The number of hydrogen-bond donors (Lipinski definition) is 1. The number of nitrogens with one attached hydrogen (secondary N) is 1. The van der Waals surface area contributed by atoms with Gasteiger partial charge in [0.15, 0.2) is 0 Å². The van der Waals surface area contributed by atoms with E-state index < -0.39 is 6.04 Å². The highest BCUT2D eigenvalue weighted by molar-refractivity contribution is 5.88. The Kier molecular flexibility index (Phi) is 9.59. The molecule has 0 aliphatic rings. The second-order valence-corrected chi connectivity index (χ2v) is 9.19. The Balaban J connectivity index is 1.87. The summed E-state index contributed by atoms with van der Waals surface area (Å²) in [6.07, 6.45) is 2.24. The van der Waals surface area contributed by atoms with Gasteiger partial charge < -0.3 is 10.2 Å². The van der Waals surface area contributed by atoms with Crippen molar-refractivity contribution in [1.82, 2.24) is 10.2 Å². The van der Waals surface area contributed by atoms with Gasteiger partial charge in [0.1, 0.15) is 11.9 Å². The smallest absolute Gasteiger partial charge is 0.243 e. The second kappa shape index (κ2) is 12.8. The second-order valence-electron chi connectivity index (χ2n) is 9.19. The largest absolute Gasteiger partial charge is 0.352 e. The topological polar surface area (TPSA) is 49.4 Å². The van der Waals surface area contributed by atoms with Gasteiger partial charge in [-0.05, 0) is 61.1 Å². The lowest BCUT2D eigenvalue weighted by Crippen LogP contribution is -2.51. The Morgan fingerprint density at radius 3 is 2.03 bits per heavy atom. The lowest BCUT2D eigenvalue weighted by Gasteiger charge is -2.32. The average Bonchev–Trinajstić information content (AvgIpc) is 2.86. The molecule has 0 spiro atoms. The third-order valence-corrected chi connectivity index (χ3v) is 6.03. The van der Waals surface area contributed by atoms with Gasteiger partial charge in [-0.1, -0.05) is 73.7 Å². The Bertz CT molecular complexity index is 1080. The van der Waals surface area contributed by atoms with Gasteiger partial charge in [0, 0.05) is 25.4 Å². The quantitative estimate of drug-likeness (QED) is 0.400. The molecular weight excluding hydrogens is 439 g/mol. The minimum atomic E-state index is -0.681. The van der Waals surface area contributed by atoms with Crippen molar-refractivity contribution in [2.45, 2.75) is 65.1 Å². The maximum absolute atomic E-state index is 13.6. The highest BCUT2D eigenvalue weighted by atomic mass is 19.1. The van der Waals surface area contributed by atoms with Crippen LogP contribution < -0.4 is 5.32 Å². The summed E-state index contributed by atoms with van der Waals surface area (Å²) in [6, 6.07) is 23.4. The van der Waals surface area contributed by atoms with Crippen LogP contribution in [-0.2, 0) is 35.4 Å². The molecule has 1 N–H and O–H groups in total. The molecule has 4 nitrogen and oxygen atoms in total. The van der Waals surface area contributed by atoms with Crippen molar-refractivity contribution in [2.75, 3.05) is 0 Å². The lowest BCUT2D eigenvalue weighted by molar-refractivity contribution is -0.141. The summed E-state index contributed by atoms with van der Waals surface area (Å²) in [5.74, 6) is -0.624. The number of benzene rings is 3. The van der Waals surface area contributed by atoms with Crippen LogP contribution in [0.1, 0.15) is 49.4 Å². The first kappa shape index (κ1) is 26.1. The molecule has 184 valence electrons. The molecule has 1 atom stereocenters. The number of nitrogens with zero attached hydrogens (tertiary/aromatic N) is 1. The summed E-state index contributed by atoms with van der Waals surface area (Å²) in [5, 5.41) is 2.99. The van der Waals surface area contributed by atoms with Gasteiger partial charge in [-0.2, -0.15) is 0 Å². The van der Waals surface area contributed by atoms with Crippen LogP contribution in [-0.4, -0.2) is 28.8 Å². The average molecular weight is 475 g/mol. The Morgan fingerprint density at radius 1 is 0.829 bits per heavy atom. The third kappa shape index (κ3) is 8.06. The van der Waals surface area contributed by atoms with Gasteiger partial charge in [0.2, 0.25) is 11.8 Å². The fraction of sp³-hybridized carbons (Fsp3) is 0.333. The molecule has 3 rings (SSSR count). The van der Waals surface area contributed by atoms with Crippen molar-refractivity contribution in [1.29, 1.82) is 0 Å². The van der Waals surface area contributed by atoms with E-state index in [1.807, 2.05) is 44.2 Å². The van der Waals surface area contributed by atoms with Crippen molar-refractivity contribution in [3.05, 3.63) is 107 Å². The molecule has 5 heteroatoms. The molecule has 0 bridgehead atoms. The number of rotatable bonds is 11. The minimum absolute atomic E-state index is 0.0550. The van der Waals surface area contributed by atoms with Gasteiger partial charge in [-0.25, -0.2) is 4.39 Å². The first-order chi connectivity index (χ1) is 16.9. The van der Waals surface area contributed by atoms with Crippen molar-refractivity contribution in [2.24, 2.45) is 0 Å². The zero-order chi connectivity index (χ0) is 25.2. The fourth-order valence-electron chi connectivity index (χ4n) is 4.06. The van der Waals surface area contributed by atoms with Crippen LogP contribution in [0.5, 0.6) is 0 Å². The third-order valence-electron chi connectivity index (χ3n) is 6.03. The van der Waals surface area contributed by atoms with Crippen LogP contribution in [0, 0.1) is 5.82 Å². The van der Waals surface area contributed by atoms with E-state index in [9.17, 15) is 14.0 Å². The van der Waals surface area contributed by atoms with E-state index in [4.69, 9.17) is 0 Å². The van der Waals surface area contributed by atoms with Crippen molar-refractivity contribution < 1.29 is 14.0 Å². The minimum Gasteiger partial charge on any atom is -0.352 e. The molecular formula is C30H35FN2O2. The first-order valence-electron chi connectivity index (χ1n) is 12.3. The van der Waals surface area contributed by atoms with E-state index in [1.165, 1.54) is 17.7 Å². The number of carbonyl (C=O) groups is 2. The normalized spacial score (nSPS) is 11.8. The van der Waals surface area contributed by atoms with E-state index >= 15 is 0 Å². The van der Waals surface area contributed by atoms with E-state index in [0.717, 1.165) is 23.1 Å². The van der Waals surface area contributed by atoms with Crippen LogP contribution in [0.4, 0.5) is 4.39 Å². The van der Waals surface area contributed by atoms with Crippen molar-refractivity contribution in [3.8, 4) is 0 Å². The van der Waals surface area contributed by atoms with Gasteiger partial charge in [0.25, 0.3) is 0 Å². The van der Waals surface area contributed by atoms with Gasteiger partial charge in [-0.3, -0.25) is 9.59 Å². The number of aryl methyl sites for hydroxylation is 2. The molecule has 0 heterocycles. The fourth-order valence-corrected chi connectivity index (χ4v) is 4.06. The highest BCUT2D eigenvalue weighted by Gasteiger charge is 2.30. The maximum Gasteiger partial charge on any atom is 0.243 e. The Labute approximate surface area is 208 Å². The zero-order valence-electron chi connectivity index (χ0n) is 20.8. The standard InChI is InChI=1S/C30H35FN2O2/c1-4-23-10-12-24(13-11-23)16-19-29(34)33(21-26-14-17-27(31)18-15-26)28(30(35)32-22(2)3)20-25-8-6-5-7-9-25/h5-15,17-18,22,28H,4,16,19-21H2,1-3H3,(H,32,35)/t28-/m0/s1. The molecule has 0 aromatic heterocycles. The predicted octanol–water partition coefficient (Wildman–Crippen LogP) is 5.49. The van der Waals surface area contributed by atoms with Crippen molar-refractivity contribution in [3.63, 3.8) is 0 Å². The lowest BCUT2D eigenvalue weighted by atomic mass is 10.0. The molecule has 3 aromatic rings. The maximum atomic E-state index is 13.6. The van der Waals surface area contributed by atoms with Crippen LogP contribution >= 0.6 is 0 Å². The Hall–Kier alpha value is -3.47. The summed E-state index contributed by atoms with van der Waals surface area (Å²) < 4.78 is 13.5. The van der Waals surface area contributed by atoms with Gasteiger partial charge >= 0.3 is 0 Å². The molecule has 0 fully saturated rings. The molecule has 3 aromatic carbocycles. The molecule has 0 radical (unpaired) electrons. The molecule has 0 unspecified atom stereocenters. The molecule has 2 amide bonds. The van der Waals surface area contributed by atoms with Crippen LogP contribution in [0.15, 0.2) is 78.9 Å². The van der Waals surface area contributed by atoms with Crippen LogP contribution in [0.25, 0.3) is 0 Å². The molecule has 0 saturated carbocycles. The number of carbonyl (C=O) groups excluding carboxylic acids is 2. The summed E-state index contributed by atoms with van der Waals surface area (Å²) >= 11 is 0. The summed E-state index contributed by atoms with van der Waals surface area (Å²) in [6.45, 7) is 6.16. The molecule has 0 aliphatic carbocycles. The van der Waals surface area contributed by atoms with E-state index in [0.29, 0.717) is 12.8 Å². The van der Waals surface area contributed by atoms with Gasteiger partial charge in [-0.15, -0.1) is 0 Å². The van der Waals surface area contributed by atoms with Crippen LogP contribution in [0.2, 0.25) is 0 Å². The monoisotopic (exact) mass is 474 g/mol. The Morgan fingerprint density at radius 2 is 1.43 bits per heavy atom. The summed E-state index contributed by atoms with van der Waals surface area (Å²) in [5.41, 5.74) is 4.10.